The molecular weight excluding hydrogens is 212 g/mol. The summed E-state index contributed by atoms with van der Waals surface area (Å²) in [5.74, 6) is 0.718. The number of anilines is 1. The van der Waals surface area contributed by atoms with Gasteiger partial charge in [0, 0.05) is 24.1 Å². The minimum atomic E-state index is 0.158. The maximum absolute atomic E-state index is 12.1. The van der Waals surface area contributed by atoms with Crippen LogP contribution in [0, 0.1) is 19.8 Å². The average Bonchev–Trinajstić information content (AvgIpc) is 2.35. The first-order valence-electron chi connectivity index (χ1n) is 6.30. The lowest BCUT2D eigenvalue weighted by Gasteiger charge is -2.37. The van der Waals surface area contributed by atoms with E-state index < -0.39 is 0 Å². The van der Waals surface area contributed by atoms with Crippen LogP contribution in [0.2, 0.25) is 0 Å². The highest BCUT2D eigenvalue weighted by Crippen LogP contribution is 2.40. The van der Waals surface area contributed by atoms with Crippen LogP contribution in [0.5, 0.6) is 0 Å². The molecule has 3 nitrogen and oxygen atoms in total. The summed E-state index contributed by atoms with van der Waals surface area (Å²) in [6, 6.07) is 4.35. The lowest BCUT2D eigenvalue weighted by molar-refractivity contribution is -0.121. The molecule has 1 aromatic rings. The van der Waals surface area contributed by atoms with E-state index in [9.17, 15) is 4.79 Å². The molecule has 1 saturated heterocycles. The predicted molar refractivity (Wildman–Crippen MR) is 68.3 cm³/mol. The molecule has 0 radical (unpaired) electrons. The summed E-state index contributed by atoms with van der Waals surface area (Å²) in [6.07, 6.45) is 0.947. The molecule has 0 aliphatic carbocycles. The van der Waals surface area contributed by atoms with Crippen LogP contribution in [0.1, 0.15) is 29.0 Å². The van der Waals surface area contributed by atoms with Crippen molar-refractivity contribution in [3.8, 4) is 0 Å². The molecule has 0 bridgehead atoms. The van der Waals surface area contributed by atoms with Crippen LogP contribution in [0.3, 0.4) is 0 Å². The van der Waals surface area contributed by atoms with Crippen molar-refractivity contribution in [3.63, 3.8) is 0 Å². The highest BCUT2D eigenvalue weighted by Gasteiger charge is 2.37. The number of carbonyl (C=O) groups excluding carboxylic acids is 1. The lowest BCUT2D eigenvalue weighted by atomic mass is 9.76. The first-order chi connectivity index (χ1) is 8.18. The number of piperidine rings is 1. The minimum absolute atomic E-state index is 0.158. The van der Waals surface area contributed by atoms with Gasteiger partial charge in [-0.05, 0) is 43.5 Å². The molecule has 2 atom stereocenters. The largest absolute Gasteiger partial charge is 0.325 e. The minimum Gasteiger partial charge on any atom is -0.325 e. The van der Waals surface area contributed by atoms with Crippen LogP contribution < -0.4 is 10.6 Å². The third kappa shape index (κ3) is 1.57. The van der Waals surface area contributed by atoms with Crippen molar-refractivity contribution in [2.75, 3.05) is 18.4 Å². The fourth-order valence-corrected chi connectivity index (χ4v) is 3.03. The maximum atomic E-state index is 12.1. The Morgan fingerprint density at radius 3 is 2.88 bits per heavy atom. The number of fused-ring (bicyclic) bond motifs is 3. The monoisotopic (exact) mass is 230 g/mol. The van der Waals surface area contributed by atoms with Gasteiger partial charge in [-0.3, -0.25) is 4.79 Å². The fraction of sp³-hybridized carbons (Fsp3) is 0.500. The number of hydrogen-bond acceptors (Lipinski definition) is 2. The van der Waals surface area contributed by atoms with E-state index in [1.807, 2.05) is 0 Å². The average molecular weight is 230 g/mol. The Kier molecular flexibility index (Phi) is 2.44. The molecule has 17 heavy (non-hydrogen) atoms. The lowest BCUT2D eigenvalue weighted by Crippen LogP contribution is -2.44. The van der Waals surface area contributed by atoms with Gasteiger partial charge in [0.05, 0.1) is 0 Å². The quantitative estimate of drug-likeness (QED) is 0.715. The number of carbonyl (C=O) groups is 1. The Morgan fingerprint density at radius 1 is 1.24 bits per heavy atom. The Morgan fingerprint density at radius 2 is 2.06 bits per heavy atom. The summed E-state index contributed by atoms with van der Waals surface area (Å²) in [4.78, 5) is 12.1. The van der Waals surface area contributed by atoms with Crippen molar-refractivity contribution in [3.05, 3.63) is 28.8 Å². The van der Waals surface area contributed by atoms with Gasteiger partial charge in [0.2, 0.25) is 5.91 Å². The van der Waals surface area contributed by atoms with Crippen LogP contribution in [0.15, 0.2) is 12.1 Å². The molecule has 2 aliphatic rings. The highest BCUT2D eigenvalue weighted by molar-refractivity contribution is 5.97. The molecule has 2 aliphatic heterocycles. The van der Waals surface area contributed by atoms with Crippen molar-refractivity contribution in [1.29, 1.82) is 0 Å². The van der Waals surface area contributed by atoms with Crippen LogP contribution in [0.4, 0.5) is 5.69 Å². The molecular formula is C14H18N2O. The number of rotatable bonds is 0. The van der Waals surface area contributed by atoms with E-state index >= 15 is 0 Å². The fourth-order valence-electron chi connectivity index (χ4n) is 3.03. The summed E-state index contributed by atoms with van der Waals surface area (Å²) in [6.45, 7) is 6.06. The predicted octanol–water partition coefficient (Wildman–Crippen LogP) is 1.95. The molecule has 1 amide bonds. The molecule has 2 heterocycles. The number of benzene rings is 1. The molecule has 2 N–H and O–H groups in total. The van der Waals surface area contributed by atoms with Crippen LogP contribution >= 0.6 is 0 Å². The van der Waals surface area contributed by atoms with Gasteiger partial charge in [-0.15, -0.1) is 0 Å². The Bertz CT molecular complexity index is 481. The van der Waals surface area contributed by atoms with Crippen LogP contribution in [0.25, 0.3) is 0 Å². The van der Waals surface area contributed by atoms with Gasteiger partial charge in [0.15, 0.2) is 0 Å². The van der Waals surface area contributed by atoms with Crippen LogP contribution in [-0.2, 0) is 4.79 Å². The van der Waals surface area contributed by atoms with E-state index in [4.69, 9.17) is 0 Å². The zero-order valence-electron chi connectivity index (χ0n) is 10.3. The standard InChI is InChI=1S/C14H18N2O/c1-8-3-4-10-12-7-15-6-5-11(12)14(17)16-13(10)9(8)2/h3-4,11-12,15H,5-7H2,1-2H3,(H,16,17). The van der Waals surface area contributed by atoms with E-state index in [1.165, 1.54) is 16.7 Å². The molecule has 90 valence electrons. The summed E-state index contributed by atoms with van der Waals surface area (Å²) < 4.78 is 0. The van der Waals surface area contributed by atoms with Gasteiger partial charge in [-0.2, -0.15) is 0 Å². The molecule has 3 rings (SSSR count). The summed E-state index contributed by atoms with van der Waals surface area (Å²) >= 11 is 0. The topological polar surface area (TPSA) is 41.1 Å². The van der Waals surface area contributed by atoms with E-state index in [-0.39, 0.29) is 11.8 Å². The van der Waals surface area contributed by atoms with Gasteiger partial charge < -0.3 is 10.6 Å². The second kappa shape index (κ2) is 3.84. The molecule has 0 aromatic heterocycles. The second-order valence-electron chi connectivity index (χ2n) is 5.17. The Hall–Kier alpha value is -1.35. The smallest absolute Gasteiger partial charge is 0.228 e. The summed E-state index contributed by atoms with van der Waals surface area (Å²) in [7, 11) is 0. The van der Waals surface area contributed by atoms with Gasteiger partial charge in [-0.25, -0.2) is 0 Å². The van der Waals surface area contributed by atoms with Crippen molar-refractivity contribution in [2.24, 2.45) is 5.92 Å². The van der Waals surface area contributed by atoms with E-state index in [1.54, 1.807) is 0 Å². The Labute approximate surface area is 102 Å². The second-order valence-corrected chi connectivity index (χ2v) is 5.17. The third-order valence-corrected chi connectivity index (χ3v) is 4.23. The zero-order chi connectivity index (χ0) is 12.0. The first-order valence-corrected chi connectivity index (χ1v) is 6.30. The number of aryl methyl sites for hydroxylation is 1. The highest BCUT2D eigenvalue weighted by atomic mass is 16.2. The van der Waals surface area contributed by atoms with Crippen molar-refractivity contribution >= 4 is 11.6 Å². The molecule has 1 aromatic carbocycles. The van der Waals surface area contributed by atoms with E-state index in [0.29, 0.717) is 5.92 Å². The van der Waals surface area contributed by atoms with Gasteiger partial charge >= 0.3 is 0 Å². The van der Waals surface area contributed by atoms with Crippen molar-refractivity contribution in [2.45, 2.75) is 26.2 Å². The Balaban J connectivity index is 2.12. The molecule has 0 saturated carbocycles. The molecule has 2 unspecified atom stereocenters. The maximum Gasteiger partial charge on any atom is 0.228 e. The van der Waals surface area contributed by atoms with Gasteiger partial charge in [0.25, 0.3) is 0 Å². The zero-order valence-corrected chi connectivity index (χ0v) is 10.3. The van der Waals surface area contributed by atoms with Crippen molar-refractivity contribution < 1.29 is 4.79 Å². The molecule has 1 fully saturated rings. The third-order valence-electron chi connectivity index (χ3n) is 4.23. The van der Waals surface area contributed by atoms with E-state index in [2.05, 4.69) is 36.6 Å². The van der Waals surface area contributed by atoms with E-state index in [0.717, 1.165) is 25.2 Å². The summed E-state index contributed by atoms with van der Waals surface area (Å²) in [5, 5.41) is 6.50. The first kappa shape index (κ1) is 10.8. The normalized spacial score (nSPS) is 27.1. The van der Waals surface area contributed by atoms with Gasteiger partial charge in [-0.1, -0.05) is 12.1 Å². The number of nitrogens with one attached hydrogen (secondary N) is 2. The number of hydrogen-bond donors (Lipinski definition) is 2. The van der Waals surface area contributed by atoms with Crippen molar-refractivity contribution in [1.82, 2.24) is 5.32 Å². The molecule has 3 heteroatoms. The molecule has 0 spiro atoms. The number of amides is 1. The SMILES string of the molecule is Cc1ccc2c(c1C)NC(=O)C1CCNCC21. The summed E-state index contributed by atoms with van der Waals surface area (Å²) in [5.41, 5.74) is 4.82. The van der Waals surface area contributed by atoms with Crippen LogP contribution in [-0.4, -0.2) is 19.0 Å². The van der Waals surface area contributed by atoms with Gasteiger partial charge in [0.1, 0.15) is 0 Å².